The molecule has 2 rings (SSSR count). The van der Waals surface area contributed by atoms with Crippen LogP contribution in [-0.2, 0) is 19.0 Å². The summed E-state index contributed by atoms with van der Waals surface area (Å²) in [4.78, 5) is 38.8. The lowest BCUT2D eigenvalue weighted by Crippen LogP contribution is -2.48. The summed E-state index contributed by atoms with van der Waals surface area (Å²) in [7, 11) is 1.33. The molecule has 1 saturated carbocycles. The van der Waals surface area contributed by atoms with E-state index in [0.29, 0.717) is 25.7 Å². The fourth-order valence-corrected chi connectivity index (χ4v) is 4.34. The number of fused-ring (bicyclic) bond motifs is 1. The molecular weight excluding hydrogens is 388 g/mol. The summed E-state index contributed by atoms with van der Waals surface area (Å²) in [6.45, 7) is 7.21. The second kappa shape index (κ2) is 10.1. The van der Waals surface area contributed by atoms with E-state index in [2.05, 4.69) is 11.2 Å². The first kappa shape index (κ1) is 23.8. The van der Waals surface area contributed by atoms with Gasteiger partial charge >= 0.3 is 18.2 Å². The Bertz CT molecular complexity index is 680. The van der Waals surface area contributed by atoms with Crippen molar-refractivity contribution in [3.8, 4) is 12.3 Å². The van der Waals surface area contributed by atoms with Crippen molar-refractivity contribution >= 4 is 18.2 Å². The summed E-state index contributed by atoms with van der Waals surface area (Å²) < 4.78 is 16.0. The molecule has 30 heavy (non-hydrogen) atoms. The normalized spacial score (nSPS) is 26.7. The number of hydrogen-bond donors (Lipinski definition) is 1. The van der Waals surface area contributed by atoms with Gasteiger partial charge in [-0.25, -0.2) is 14.4 Å². The molecule has 0 radical (unpaired) electrons. The molecule has 0 bridgehead atoms. The molecule has 8 heteroatoms. The second-order valence-corrected chi connectivity index (χ2v) is 8.92. The Morgan fingerprint density at radius 2 is 1.97 bits per heavy atom. The molecule has 0 spiro atoms. The molecule has 0 aromatic carbocycles. The number of nitrogens with one attached hydrogen (secondary N) is 1. The number of esters is 1. The SMILES string of the molecule is C#CC1C[C@H]2[C@@H](OC(=O)C(CCC)NC(=O)OC(C)(C)C)CCC[C@H]2N1C(=O)OC. The summed E-state index contributed by atoms with van der Waals surface area (Å²) in [5, 5.41) is 2.63. The molecule has 1 aliphatic heterocycles. The van der Waals surface area contributed by atoms with Crippen LogP contribution >= 0.6 is 0 Å². The third-order valence-electron chi connectivity index (χ3n) is 5.55. The predicted octanol–water partition coefficient (Wildman–Crippen LogP) is 3.23. The highest BCUT2D eigenvalue weighted by atomic mass is 16.6. The summed E-state index contributed by atoms with van der Waals surface area (Å²) in [6, 6.07) is -1.28. The first-order valence-electron chi connectivity index (χ1n) is 10.6. The lowest BCUT2D eigenvalue weighted by molar-refractivity contribution is -0.157. The number of nitrogens with zero attached hydrogens (tertiary/aromatic N) is 1. The van der Waals surface area contributed by atoms with Gasteiger partial charge in [-0.15, -0.1) is 6.42 Å². The Hall–Kier alpha value is -2.43. The Morgan fingerprint density at radius 1 is 1.27 bits per heavy atom. The van der Waals surface area contributed by atoms with E-state index < -0.39 is 29.8 Å². The van der Waals surface area contributed by atoms with E-state index in [0.717, 1.165) is 12.8 Å². The van der Waals surface area contributed by atoms with Crippen molar-refractivity contribution in [1.29, 1.82) is 0 Å². The lowest BCUT2D eigenvalue weighted by atomic mass is 9.82. The van der Waals surface area contributed by atoms with Crippen molar-refractivity contribution in [2.75, 3.05) is 7.11 Å². The van der Waals surface area contributed by atoms with E-state index >= 15 is 0 Å². The molecule has 2 aliphatic rings. The number of carbonyl (C=O) groups excluding carboxylic acids is 3. The average Bonchev–Trinajstić information content (AvgIpc) is 3.05. The fraction of sp³-hybridized carbons (Fsp3) is 0.773. The number of carbonyl (C=O) groups is 3. The highest BCUT2D eigenvalue weighted by Gasteiger charge is 2.50. The molecule has 5 atom stereocenters. The number of terminal acetylenes is 1. The van der Waals surface area contributed by atoms with E-state index in [1.807, 2.05) is 6.92 Å². The Morgan fingerprint density at radius 3 is 2.53 bits per heavy atom. The second-order valence-electron chi connectivity index (χ2n) is 8.92. The highest BCUT2D eigenvalue weighted by Crippen LogP contribution is 2.41. The lowest BCUT2D eigenvalue weighted by Gasteiger charge is -2.36. The van der Waals surface area contributed by atoms with E-state index in [4.69, 9.17) is 20.6 Å². The van der Waals surface area contributed by atoms with E-state index in [-0.39, 0.29) is 24.1 Å². The third-order valence-corrected chi connectivity index (χ3v) is 5.55. The number of hydrogen-bond acceptors (Lipinski definition) is 6. The Balaban J connectivity index is 2.07. The van der Waals surface area contributed by atoms with E-state index in [1.54, 1.807) is 25.7 Å². The van der Waals surface area contributed by atoms with Crippen LogP contribution in [0.3, 0.4) is 0 Å². The Labute approximate surface area is 179 Å². The van der Waals surface area contributed by atoms with Gasteiger partial charge in [0.05, 0.1) is 13.2 Å². The number of alkyl carbamates (subject to hydrolysis) is 1. The van der Waals surface area contributed by atoms with E-state index in [9.17, 15) is 14.4 Å². The quantitative estimate of drug-likeness (QED) is 0.415. The molecule has 1 N–H and O–H groups in total. The zero-order valence-corrected chi connectivity index (χ0v) is 18.6. The molecule has 2 fully saturated rings. The fourth-order valence-electron chi connectivity index (χ4n) is 4.34. The van der Waals surface area contributed by atoms with Crippen LogP contribution in [0.4, 0.5) is 9.59 Å². The van der Waals surface area contributed by atoms with Gasteiger partial charge in [-0.05, 0) is 52.9 Å². The smallest absolute Gasteiger partial charge is 0.410 e. The zero-order chi connectivity index (χ0) is 22.5. The number of amides is 2. The maximum atomic E-state index is 12.9. The molecule has 1 saturated heterocycles. The third kappa shape index (κ3) is 5.80. The van der Waals surface area contributed by atoms with Crippen LogP contribution in [0.2, 0.25) is 0 Å². The average molecular weight is 423 g/mol. The van der Waals surface area contributed by atoms with Crippen LogP contribution in [0.15, 0.2) is 0 Å². The van der Waals surface area contributed by atoms with Crippen molar-refractivity contribution in [2.45, 2.75) is 96.1 Å². The van der Waals surface area contributed by atoms with Crippen LogP contribution < -0.4 is 5.32 Å². The number of methoxy groups -OCH3 is 1. The van der Waals surface area contributed by atoms with Gasteiger partial charge in [0.15, 0.2) is 0 Å². The van der Waals surface area contributed by atoms with Gasteiger partial charge in [0.25, 0.3) is 0 Å². The number of likely N-dealkylation sites (tertiary alicyclic amines) is 1. The van der Waals surface area contributed by atoms with Gasteiger partial charge in [0, 0.05) is 12.0 Å². The summed E-state index contributed by atoms with van der Waals surface area (Å²) in [5.41, 5.74) is -0.660. The summed E-state index contributed by atoms with van der Waals surface area (Å²) in [5.74, 6) is 2.13. The van der Waals surface area contributed by atoms with Crippen LogP contribution in [-0.4, -0.2) is 60.0 Å². The first-order chi connectivity index (χ1) is 14.1. The van der Waals surface area contributed by atoms with Crippen molar-refractivity contribution in [3.05, 3.63) is 0 Å². The van der Waals surface area contributed by atoms with Gasteiger partial charge in [0.1, 0.15) is 17.7 Å². The van der Waals surface area contributed by atoms with Crippen molar-refractivity contribution in [1.82, 2.24) is 10.2 Å². The van der Waals surface area contributed by atoms with Crippen molar-refractivity contribution < 1.29 is 28.6 Å². The minimum Gasteiger partial charge on any atom is -0.460 e. The van der Waals surface area contributed by atoms with Gasteiger partial charge in [-0.1, -0.05) is 19.3 Å². The molecule has 0 aromatic rings. The van der Waals surface area contributed by atoms with Crippen LogP contribution in [0.5, 0.6) is 0 Å². The maximum absolute atomic E-state index is 12.9. The molecule has 168 valence electrons. The van der Waals surface area contributed by atoms with Crippen LogP contribution in [0.1, 0.15) is 66.2 Å². The van der Waals surface area contributed by atoms with Gasteiger partial charge in [-0.3, -0.25) is 4.90 Å². The topological polar surface area (TPSA) is 94.2 Å². The molecule has 2 unspecified atom stereocenters. The zero-order valence-electron chi connectivity index (χ0n) is 18.6. The van der Waals surface area contributed by atoms with Crippen molar-refractivity contribution in [3.63, 3.8) is 0 Å². The minimum absolute atomic E-state index is 0.0494. The molecular formula is C22H34N2O6. The first-order valence-corrected chi connectivity index (χ1v) is 10.6. The summed E-state index contributed by atoms with van der Waals surface area (Å²) >= 11 is 0. The molecule has 0 aromatic heterocycles. The van der Waals surface area contributed by atoms with Gasteiger partial charge in [-0.2, -0.15) is 0 Å². The van der Waals surface area contributed by atoms with Crippen LogP contribution in [0, 0.1) is 18.3 Å². The molecule has 8 nitrogen and oxygen atoms in total. The van der Waals surface area contributed by atoms with Crippen molar-refractivity contribution in [2.24, 2.45) is 5.92 Å². The Kier molecular flexibility index (Phi) is 7.99. The minimum atomic E-state index is -0.785. The number of ether oxygens (including phenoxy) is 3. The molecule has 1 heterocycles. The predicted molar refractivity (Wildman–Crippen MR) is 111 cm³/mol. The van der Waals surface area contributed by atoms with Crippen LogP contribution in [0.25, 0.3) is 0 Å². The van der Waals surface area contributed by atoms with Gasteiger partial charge in [0.2, 0.25) is 0 Å². The molecule has 1 aliphatic carbocycles. The largest absolute Gasteiger partial charge is 0.460 e. The monoisotopic (exact) mass is 422 g/mol. The summed E-state index contributed by atoms with van der Waals surface area (Å²) in [6.07, 6.45) is 8.18. The van der Waals surface area contributed by atoms with Gasteiger partial charge < -0.3 is 19.5 Å². The highest BCUT2D eigenvalue weighted by molar-refractivity contribution is 5.81. The maximum Gasteiger partial charge on any atom is 0.410 e. The number of rotatable bonds is 5. The standard InChI is InChI=1S/C22H34N2O6/c1-7-10-16(23-20(26)30-22(3,4)5)19(25)29-18-12-9-11-17-15(18)13-14(8-2)24(17)21(27)28-6/h2,14-18H,7,9-13H2,1,3-6H3,(H,23,26)/t14?,15-,16?,17-,18+/m1/s1. The van der Waals surface area contributed by atoms with E-state index in [1.165, 1.54) is 7.11 Å². The molecule has 2 amide bonds.